The lowest BCUT2D eigenvalue weighted by Crippen LogP contribution is -2.58. The largest absolute Gasteiger partial charge is 0.507 e. The minimum absolute atomic E-state index is 0.0779. The van der Waals surface area contributed by atoms with E-state index in [2.05, 4.69) is 10.6 Å². The zero-order valence-corrected chi connectivity index (χ0v) is 26.7. The Balaban J connectivity index is 2.17. The molecular formula is C35H45N3O5. The molecule has 0 bridgehead atoms. The van der Waals surface area contributed by atoms with Gasteiger partial charge < -0.3 is 25.4 Å². The van der Waals surface area contributed by atoms with Crippen LogP contribution in [0.15, 0.2) is 66.7 Å². The van der Waals surface area contributed by atoms with E-state index < -0.39 is 41.1 Å². The van der Waals surface area contributed by atoms with Gasteiger partial charge in [0.05, 0.1) is 0 Å². The summed E-state index contributed by atoms with van der Waals surface area (Å²) in [5.41, 5.74) is 2.33. The van der Waals surface area contributed by atoms with E-state index in [1.165, 1.54) is 4.90 Å². The highest BCUT2D eigenvalue weighted by atomic mass is 16.6. The van der Waals surface area contributed by atoms with Gasteiger partial charge in [0.2, 0.25) is 5.91 Å². The molecule has 0 spiro atoms. The van der Waals surface area contributed by atoms with Gasteiger partial charge in [-0.05, 0) is 84.6 Å². The van der Waals surface area contributed by atoms with Crippen LogP contribution in [0.5, 0.6) is 5.75 Å². The number of carbonyl (C=O) groups excluding carboxylic acids is 3. The fraction of sp³-hybridized carbons (Fsp3) is 0.400. The maximum Gasteiger partial charge on any atom is 0.408 e. The molecule has 3 N–H and O–H groups in total. The number of hydrogen-bond donors (Lipinski definition) is 3. The summed E-state index contributed by atoms with van der Waals surface area (Å²) in [5, 5.41) is 17.0. The molecule has 43 heavy (non-hydrogen) atoms. The maximum absolute atomic E-state index is 14.7. The molecule has 3 amide bonds. The van der Waals surface area contributed by atoms with Crippen molar-refractivity contribution in [2.75, 3.05) is 5.32 Å². The molecule has 230 valence electrons. The molecule has 3 rings (SSSR count). The maximum atomic E-state index is 14.7. The summed E-state index contributed by atoms with van der Waals surface area (Å²) in [6.07, 6.45) is -0.582. The number of hydrogen-bond acceptors (Lipinski definition) is 5. The van der Waals surface area contributed by atoms with Crippen LogP contribution >= 0.6 is 0 Å². The first-order valence-corrected chi connectivity index (χ1v) is 14.5. The van der Waals surface area contributed by atoms with E-state index in [0.717, 1.165) is 16.7 Å². The van der Waals surface area contributed by atoms with Crippen LogP contribution in [0.1, 0.15) is 75.4 Å². The average Bonchev–Trinajstić information content (AvgIpc) is 2.89. The summed E-state index contributed by atoms with van der Waals surface area (Å²) in [7, 11) is 0. The van der Waals surface area contributed by atoms with Crippen molar-refractivity contribution < 1.29 is 24.2 Å². The van der Waals surface area contributed by atoms with Crippen LogP contribution in [-0.2, 0) is 20.7 Å². The number of phenols is 1. The molecule has 2 atom stereocenters. The summed E-state index contributed by atoms with van der Waals surface area (Å²) < 4.78 is 5.51. The molecule has 0 radical (unpaired) electrons. The molecule has 0 saturated carbocycles. The fourth-order valence-electron chi connectivity index (χ4n) is 5.02. The molecule has 0 aliphatic carbocycles. The predicted molar refractivity (Wildman–Crippen MR) is 170 cm³/mol. The molecule has 2 unspecified atom stereocenters. The number of phenolic OH excluding ortho intramolecular Hbond substituents is 1. The number of rotatable bonds is 8. The first-order valence-electron chi connectivity index (χ1n) is 14.5. The van der Waals surface area contributed by atoms with E-state index in [1.54, 1.807) is 45.9 Å². The Morgan fingerprint density at radius 3 is 1.93 bits per heavy atom. The van der Waals surface area contributed by atoms with E-state index in [1.807, 2.05) is 83.1 Å². The van der Waals surface area contributed by atoms with Gasteiger partial charge >= 0.3 is 6.09 Å². The second-order valence-electron chi connectivity index (χ2n) is 12.9. The van der Waals surface area contributed by atoms with Crippen LogP contribution in [0.3, 0.4) is 0 Å². The van der Waals surface area contributed by atoms with Gasteiger partial charge in [-0.25, -0.2) is 4.79 Å². The lowest BCUT2D eigenvalue weighted by molar-refractivity contribution is -0.146. The van der Waals surface area contributed by atoms with Crippen molar-refractivity contribution in [1.82, 2.24) is 10.2 Å². The summed E-state index contributed by atoms with van der Waals surface area (Å²) in [6, 6.07) is 17.9. The van der Waals surface area contributed by atoms with Gasteiger partial charge in [-0.2, -0.15) is 0 Å². The number of benzene rings is 3. The predicted octanol–water partition coefficient (Wildman–Crippen LogP) is 6.76. The summed E-state index contributed by atoms with van der Waals surface area (Å²) in [5.74, 6) is -1.06. The van der Waals surface area contributed by atoms with Gasteiger partial charge in [0, 0.05) is 23.2 Å². The average molecular weight is 588 g/mol. The third kappa shape index (κ3) is 8.60. The van der Waals surface area contributed by atoms with Crippen molar-refractivity contribution >= 4 is 23.6 Å². The number of alkyl carbamates (subject to hydrolysis) is 1. The topological polar surface area (TPSA) is 108 Å². The van der Waals surface area contributed by atoms with Gasteiger partial charge in [-0.1, -0.05) is 66.7 Å². The zero-order valence-electron chi connectivity index (χ0n) is 26.7. The third-order valence-electron chi connectivity index (χ3n) is 7.03. The molecule has 3 aromatic carbocycles. The molecule has 8 heteroatoms. The number of aromatic hydroxyl groups is 1. The first kappa shape index (κ1) is 33.2. The SMILES string of the molecule is Cc1cccc(C(C(=O)Nc2c(C)cccc2C)N(C(=O)C(Cc2ccccc2)NC(=O)OC(C)(C)C)C(C)(C)C)c1O. The minimum atomic E-state index is -1.23. The van der Waals surface area contributed by atoms with E-state index in [9.17, 15) is 19.5 Å². The second kappa shape index (κ2) is 13.3. The van der Waals surface area contributed by atoms with Crippen LogP contribution in [0.2, 0.25) is 0 Å². The summed E-state index contributed by atoms with van der Waals surface area (Å²) in [6.45, 7) is 16.2. The standard InChI is InChI=1S/C35H45N3O5/c1-22-15-13-16-23(2)28(22)37-31(40)29(26-20-14-17-24(3)30(26)39)38(34(4,5)6)32(41)27(21-25-18-11-10-12-19-25)36-33(42)43-35(7,8)9/h10-20,27,29,39H,21H2,1-9H3,(H,36,42)(H,37,40). The minimum Gasteiger partial charge on any atom is -0.507 e. The molecule has 0 aliphatic heterocycles. The van der Waals surface area contributed by atoms with Crippen molar-refractivity contribution in [3.05, 3.63) is 94.5 Å². The molecular weight excluding hydrogens is 542 g/mol. The van der Waals surface area contributed by atoms with E-state index in [0.29, 0.717) is 11.3 Å². The Morgan fingerprint density at radius 2 is 1.37 bits per heavy atom. The normalized spacial score (nSPS) is 13.0. The lowest BCUT2D eigenvalue weighted by Gasteiger charge is -2.43. The highest BCUT2D eigenvalue weighted by Gasteiger charge is 2.43. The number of nitrogens with one attached hydrogen (secondary N) is 2. The Labute approximate surface area is 255 Å². The molecule has 0 heterocycles. The highest BCUT2D eigenvalue weighted by Crippen LogP contribution is 2.37. The Kier molecular flexibility index (Phi) is 10.3. The van der Waals surface area contributed by atoms with Crippen molar-refractivity contribution in [1.29, 1.82) is 0 Å². The first-order chi connectivity index (χ1) is 20.0. The Bertz CT molecular complexity index is 1430. The quantitative estimate of drug-likeness (QED) is 0.270. The molecule has 0 aliphatic rings. The van der Waals surface area contributed by atoms with Crippen LogP contribution in [0.25, 0.3) is 0 Å². The van der Waals surface area contributed by atoms with Crippen LogP contribution in [0.4, 0.5) is 10.5 Å². The third-order valence-corrected chi connectivity index (χ3v) is 7.03. The summed E-state index contributed by atoms with van der Waals surface area (Å²) >= 11 is 0. The van der Waals surface area contributed by atoms with Crippen LogP contribution in [0, 0.1) is 20.8 Å². The summed E-state index contributed by atoms with van der Waals surface area (Å²) in [4.78, 5) is 43.5. The molecule has 0 fully saturated rings. The Hall–Kier alpha value is -4.33. The smallest absolute Gasteiger partial charge is 0.408 e. The number of para-hydroxylation sites is 2. The molecule has 3 aromatic rings. The van der Waals surface area contributed by atoms with Crippen molar-refractivity contribution in [2.24, 2.45) is 0 Å². The van der Waals surface area contributed by atoms with Crippen molar-refractivity contribution in [2.45, 2.75) is 92.0 Å². The fourth-order valence-corrected chi connectivity index (χ4v) is 5.02. The van der Waals surface area contributed by atoms with Gasteiger partial charge in [0.25, 0.3) is 5.91 Å². The van der Waals surface area contributed by atoms with Crippen molar-refractivity contribution in [3.63, 3.8) is 0 Å². The number of amides is 3. The number of ether oxygens (including phenoxy) is 1. The molecule has 0 saturated heterocycles. The van der Waals surface area contributed by atoms with Crippen LogP contribution in [-0.4, -0.2) is 45.1 Å². The number of aryl methyl sites for hydroxylation is 3. The monoisotopic (exact) mass is 587 g/mol. The van der Waals surface area contributed by atoms with Gasteiger partial charge in [-0.3, -0.25) is 9.59 Å². The van der Waals surface area contributed by atoms with Crippen LogP contribution < -0.4 is 10.6 Å². The zero-order chi connectivity index (χ0) is 32.1. The van der Waals surface area contributed by atoms with Gasteiger partial charge in [0.15, 0.2) is 0 Å². The molecule has 0 aromatic heterocycles. The molecule has 8 nitrogen and oxygen atoms in total. The number of nitrogens with zero attached hydrogens (tertiary/aromatic N) is 1. The second-order valence-corrected chi connectivity index (χ2v) is 12.9. The van der Waals surface area contributed by atoms with E-state index >= 15 is 0 Å². The highest BCUT2D eigenvalue weighted by molar-refractivity contribution is 6.00. The van der Waals surface area contributed by atoms with Gasteiger partial charge in [-0.15, -0.1) is 0 Å². The number of carbonyl (C=O) groups is 3. The Morgan fingerprint density at radius 1 is 0.814 bits per heavy atom. The van der Waals surface area contributed by atoms with Crippen molar-refractivity contribution in [3.8, 4) is 5.75 Å². The number of anilines is 1. The van der Waals surface area contributed by atoms with E-state index in [4.69, 9.17) is 4.74 Å². The lowest BCUT2D eigenvalue weighted by atomic mass is 9.92. The van der Waals surface area contributed by atoms with E-state index in [-0.39, 0.29) is 17.7 Å². The van der Waals surface area contributed by atoms with Gasteiger partial charge in [0.1, 0.15) is 23.4 Å².